The van der Waals surface area contributed by atoms with Crippen LogP contribution in [0.25, 0.3) is 0 Å². The number of amides is 1. The molecular weight excluding hydrogens is 258 g/mol. The van der Waals surface area contributed by atoms with E-state index < -0.39 is 0 Å². The van der Waals surface area contributed by atoms with Crippen molar-refractivity contribution in [3.8, 4) is 0 Å². The summed E-state index contributed by atoms with van der Waals surface area (Å²) in [7, 11) is 0. The molecule has 17 heavy (non-hydrogen) atoms. The highest BCUT2D eigenvalue weighted by atomic mass is 35.5. The topological polar surface area (TPSA) is 38.3 Å². The third kappa shape index (κ3) is 4.22. The lowest BCUT2D eigenvalue weighted by atomic mass is 10.2. The summed E-state index contributed by atoms with van der Waals surface area (Å²) in [5.74, 6) is 0.876. The number of thioether (sulfide) groups is 1. The van der Waals surface area contributed by atoms with Gasteiger partial charge in [-0.2, -0.15) is 0 Å². The van der Waals surface area contributed by atoms with Gasteiger partial charge in [0.25, 0.3) is 0 Å². The van der Waals surface area contributed by atoms with Crippen LogP contribution < -0.4 is 5.32 Å². The predicted octanol–water partition coefficient (Wildman–Crippen LogP) is 2.34. The molecule has 0 spiro atoms. The minimum absolute atomic E-state index is 0.0970. The van der Waals surface area contributed by atoms with Crippen LogP contribution in [0.5, 0.6) is 0 Å². The first kappa shape index (κ1) is 12.7. The van der Waals surface area contributed by atoms with E-state index in [2.05, 4.69) is 5.32 Å². The molecular formula is C12H14ClNO2S. The smallest absolute Gasteiger partial charge is 0.221 e. The van der Waals surface area contributed by atoms with Crippen molar-refractivity contribution in [3.05, 3.63) is 29.3 Å². The molecule has 0 aliphatic carbocycles. The van der Waals surface area contributed by atoms with E-state index in [1.807, 2.05) is 24.3 Å². The molecule has 0 saturated carbocycles. The Balaban J connectivity index is 1.64. The van der Waals surface area contributed by atoms with Gasteiger partial charge in [0.15, 0.2) is 0 Å². The first-order valence-corrected chi connectivity index (χ1v) is 6.86. The standard InChI is InChI=1S/C12H14ClNO2S/c13-9-1-3-11(4-2-9)17-6-5-12(15)14-10-7-16-8-10/h1-4,10H,5-8H2,(H,14,15). The lowest BCUT2D eigenvalue weighted by Crippen LogP contribution is -2.48. The third-order valence-corrected chi connectivity index (χ3v) is 3.68. The molecule has 1 aromatic carbocycles. The van der Waals surface area contributed by atoms with E-state index in [0.29, 0.717) is 19.6 Å². The van der Waals surface area contributed by atoms with Crippen molar-refractivity contribution < 1.29 is 9.53 Å². The van der Waals surface area contributed by atoms with Crippen molar-refractivity contribution in [1.82, 2.24) is 5.32 Å². The second-order valence-corrected chi connectivity index (χ2v) is 5.46. The second kappa shape index (κ2) is 6.28. The van der Waals surface area contributed by atoms with Gasteiger partial charge < -0.3 is 10.1 Å². The van der Waals surface area contributed by atoms with E-state index in [1.54, 1.807) is 11.8 Å². The van der Waals surface area contributed by atoms with Crippen LogP contribution in [0, 0.1) is 0 Å². The van der Waals surface area contributed by atoms with Crippen molar-refractivity contribution in [2.75, 3.05) is 19.0 Å². The van der Waals surface area contributed by atoms with Crippen LogP contribution in [0.3, 0.4) is 0 Å². The lowest BCUT2D eigenvalue weighted by Gasteiger charge is -2.26. The summed E-state index contributed by atoms with van der Waals surface area (Å²) in [6.45, 7) is 1.30. The SMILES string of the molecule is O=C(CCSc1ccc(Cl)cc1)NC1COC1. The Morgan fingerprint density at radius 3 is 2.71 bits per heavy atom. The Bertz CT molecular complexity index is 379. The molecule has 3 nitrogen and oxygen atoms in total. The molecule has 0 unspecified atom stereocenters. The fraction of sp³-hybridized carbons (Fsp3) is 0.417. The number of hydrogen-bond donors (Lipinski definition) is 1. The molecule has 1 heterocycles. The van der Waals surface area contributed by atoms with Gasteiger partial charge in [0, 0.05) is 22.1 Å². The first-order chi connectivity index (χ1) is 8.24. The predicted molar refractivity (Wildman–Crippen MR) is 69.5 cm³/mol. The van der Waals surface area contributed by atoms with Crippen LogP contribution in [0.2, 0.25) is 5.02 Å². The quantitative estimate of drug-likeness (QED) is 0.836. The molecule has 1 N–H and O–H groups in total. The summed E-state index contributed by atoms with van der Waals surface area (Å²) >= 11 is 7.45. The summed E-state index contributed by atoms with van der Waals surface area (Å²) in [6, 6.07) is 7.86. The minimum Gasteiger partial charge on any atom is -0.377 e. The van der Waals surface area contributed by atoms with Crippen molar-refractivity contribution in [2.45, 2.75) is 17.4 Å². The summed E-state index contributed by atoms with van der Waals surface area (Å²) in [6.07, 6.45) is 0.532. The average Bonchev–Trinajstić information content (AvgIpc) is 2.26. The molecule has 2 rings (SSSR count). The summed E-state index contributed by atoms with van der Waals surface area (Å²) < 4.78 is 4.99. The molecule has 0 aromatic heterocycles. The molecule has 1 fully saturated rings. The highest BCUT2D eigenvalue weighted by molar-refractivity contribution is 7.99. The number of benzene rings is 1. The van der Waals surface area contributed by atoms with Crippen LogP contribution in [0.4, 0.5) is 0 Å². The van der Waals surface area contributed by atoms with E-state index in [9.17, 15) is 4.79 Å². The maximum absolute atomic E-state index is 11.5. The Morgan fingerprint density at radius 1 is 1.41 bits per heavy atom. The fourth-order valence-electron chi connectivity index (χ4n) is 1.41. The van der Waals surface area contributed by atoms with Crippen LogP contribution in [0.1, 0.15) is 6.42 Å². The molecule has 0 radical (unpaired) electrons. The van der Waals surface area contributed by atoms with E-state index >= 15 is 0 Å². The van der Waals surface area contributed by atoms with Gasteiger partial charge in [-0.15, -0.1) is 11.8 Å². The Hall–Kier alpha value is -0.710. The first-order valence-electron chi connectivity index (χ1n) is 5.49. The number of halogens is 1. The number of carbonyl (C=O) groups is 1. The normalized spacial score (nSPS) is 15.4. The molecule has 0 bridgehead atoms. The molecule has 92 valence electrons. The van der Waals surface area contributed by atoms with E-state index in [1.165, 1.54) is 0 Å². The van der Waals surface area contributed by atoms with Gasteiger partial charge in [-0.3, -0.25) is 4.79 Å². The summed E-state index contributed by atoms with van der Waals surface area (Å²) in [5, 5.41) is 3.65. The van der Waals surface area contributed by atoms with Crippen molar-refractivity contribution in [1.29, 1.82) is 0 Å². The Labute approximate surface area is 110 Å². The van der Waals surface area contributed by atoms with Crippen molar-refractivity contribution in [2.24, 2.45) is 0 Å². The van der Waals surface area contributed by atoms with Crippen LogP contribution >= 0.6 is 23.4 Å². The Kier molecular flexibility index (Phi) is 4.71. The van der Waals surface area contributed by atoms with E-state index in [-0.39, 0.29) is 11.9 Å². The molecule has 0 atom stereocenters. The molecule has 1 saturated heterocycles. The Morgan fingerprint density at radius 2 is 2.12 bits per heavy atom. The number of ether oxygens (including phenoxy) is 1. The van der Waals surface area contributed by atoms with Crippen molar-refractivity contribution >= 4 is 29.3 Å². The molecule has 5 heteroatoms. The van der Waals surface area contributed by atoms with Gasteiger partial charge in [-0.25, -0.2) is 0 Å². The average molecular weight is 272 g/mol. The largest absolute Gasteiger partial charge is 0.377 e. The van der Waals surface area contributed by atoms with E-state index in [0.717, 1.165) is 15.7 Å². The zero-order valence-electron chi connectivity index (χ0n) is 9.32. The van der Waals surface area contributed by atoms with Gasteiger partial charge >= 0.3 is 0 Å². The van der Waals surface area contributed by atoms with Crippen LogP contribution in [0.15, 0.2) is 29.2 Å². The summed E-state index contributed by atoms with van der Waals surface area (Å²) in [4.78, 5) is 12.6. The van der Waals surface area contributed by atoms with Crippen LogP contribution in [-0.4, -0.2) is 30.9 Å². The second-order valence-electron chi connectivity index (χ2n) is 3.85. The highest BCUT2D eigenvalue weighted by Crippen LogP contribution is 2.20. The number of hydrogen-bond acceptors (Lipinski definition) is 3. The van der Waals surface area contributed by atoms with Gasteiger partial charge in [0.1, 0.15) is 0 Å². The maximum Gasteiger partial charge on any atom is 0.221 e. The van der Waals surface area contributed by atoms with Gasteiger partial charge in [-0.1, -0.05) is 11.6 Å². The zero-order chi connectivity index (χ0) is 12.1. The maximum atomic E-state index is 11.5. The van der Waals surface area contributed by atoms with Gasteiger partial charge in [-0.05, 0) is 24.3 Å². The number of rotatable bonds is 5. The monoisotopic (exact) mass is 271 g/mol. The molecule has 1 amide bonds. The van der Waals surface area contributed by atoms with Crippen molar-refractivity contribution in [3.63, 3.8) is 0 Å². The molecule has 1 aromatic rings. The summed E-state index contributed by atoms with van der Waals surface area (Å²) in [5.41, 5.74) is 0. The van der Waals surface area contributed by atoms with Gasteiger partial charge in [0.05, 0.1) is 19.3 Å². The highest BCUT2D eigenvalue weighted by Gasteiger charge is 2.19. The molecule has 1 aliphatic heterocycles. The third-order valence-electron chi connectivity index (χ3n) is 2.41. The van der Waals surface area contributed by atoms with Crippen LogP contribution in [-0.2, 0) is 9.53 Å². The molecule has 1 aliphatic rings. The minimum atomic E-state index is 0.0970. The van der Waals surface area contributed by atoms with Gasteiger partial charge in [0.2, 0.25) is 5.91 Å². The fourth-order valence-corrected chi connectivity index (χ4v) is 2.39. The number of nitrogens with one attached hydrogen (secondary N) is 1. The lowest BCUT2D eigenvalue weighted by molar-refractivity contribution is -0.124. The van der Waals surface area contributed by atoms with E-state index in [4.69, 9.17) is 16.3 Å². The number of carbonyl (C=O) groups excluding carboxylic acids is 1. The zero-order valence-corrected chi connectivity index (χ0v) is 10.9.